The van der Waals surface area contributed by atoms with Crippen molar-refractivity contribution in [2.24, 2.45) is 9.98 Å². The molecule has 37 heavy (non-hydrogen) atoms. The normalized spacial score (nSPS) is 11.1. The predicted octanol–water partition coefficient (Wildman–Crippen LogP) is 1.79. The number of carbonyl (C=O) groups excluding carboxylic acids is 2. The first-order chi connectivity index (χ1) is 18.2. The summed E-state index contributed by atoms with van der Waals surface area (Å²) in [5.74, 6) is 4.21. The summed E-state index contributed by atoms with van der Waals surface area (Å²) >= 11 is 6.92. The summed E-state index contributed by atoms with van der Waals surface area (Å²) in [6, 6.07) is 0. The number of aliphatic hydroxyl groups is 2. The summed E-state index contributed by atoms with van der Waals surface area (Å²) in [4.78, 5) is 49.9. The van der Waals surface area contributed by atoms with Crippen LogP contribution in [0.5, 0.6) is 0 Å². The number of aliphatic imine (C=N–C) groups is 2. The van der Waals surface area contributed by atoms with Crippen LogP contribution in [-0.4, -0.2) is 120 Å². The molecule has 0 saturated carbocycles. The zero-order chi connectivity index (χ0) is 27.1. The fraction of sp³-hybridized carbons (Fsp3) is 0.778. The van der Waals surface area contributed by atoms with Gasteiger partial charge < -0.3 is 40.1 Å². The van der Waals surface area contributed by atoms with E-state index in [2.05, 4.69) is 20.6 Å². The number of aliphatic hydroxyl groups excluding tert-OH is 2. The lowest BCUT2D eigenvalue weighted by Gasteiger charge is -2.06. The number of thioether (sulfide) groups is 5. The smallest absolute Gasteiger partial charge is 0.408 e. The molecule has 0 atom stereocenters. The maximum atomic E-state index is 11.5. The molecule has 14 nitrogen and oxygen atoms in total. The zero-order valence-corrected chi connectivity index (χ0v) is 24.2. The molecule has 4 N–H and O–H groups in total. The largest absolute Gasteiger partial charge is 0.449 e. The molecule has 0 bridgehead atoms. The average molecular weight is 627 g/mol. The minimum Gasteiger partial charge on any atom is -0.449 e. The summed E-state index contributed by atoms with van der Waals surface area (Å²) in [6.45, 7) is 0.928. The molecule has 0 aliphatic carbocycles. The van der Waals surface area contributed by atoms with E-state index in [0.717, 1.165) is 6.40 Å². The van der Waals surface area contributed by atoms with E-state index in [9.17, 15) is 9.59 Å². The molecule has 19 heteroatoms. The van der Waals surface area contributed by atoms with E-state index in [0.29, 0.717) is 53.1 Å². The van der Waals surface area contributed by atoms with E-state index in [1.165, 1.54) is 53.4 Å². The van der Waals surface area contributed by atoms with E-state index < -0.39 is 12.2 Å². The van der Waals surface area contributed by atoms with Crippen LogP contribution in [0.15, 0.2) is 9.98 Å². The van der Waals surface area contributed by atoms with Gasteiger partial charge in [0.2, 0.25) is 12.8 Å². The maximum Gasteiger partial charge on any atom is 0.408 e. The molecule has 0 aliphatic heterocycles. The number of alkyl carbamates (subject to hydrolysis) is 2. The standard InChI is InChI=1S/C18H34N4O10S5/c23-1-5-33-7-3-27-17(25)21-13-35-12-20-10-31-32-16-37-15-28-18(26)22-14-36-11-19-9-30-29-4-8-34-6-2-24/h9-10,23-24H,1-8,11-16H2,(H,21,25)(H,22,26)/b19-9-,20-10+. The van der Waals surface area contributed by atoms with E-state index in [-0.39, 0.29) is 31.7 Å². The van der Waals surface area contributed by atoms with Crippen LogP contribution in [0.3, 0.4) is 0 Å². The Morgan fingerprint density at radius 1 is 0.676 bits per heavy atom. The summed E-state index contributed by atoms with van der Waals surface area (Å²) < 4.78 is 9.89. The minimum atomic E-state index is -0.568. The Labute approximate surface area is 237 Å². The second kappa shape index (κ2) is 31.3. The highest BCUT2D eigenvalue weighted by Crippen LogP contribution is 2.03. The highest BCUT2D eigenvalue weighted by atomic mass is 32.2. The number of hydrogen-bond acceptors (Lipinski definition) is 17. The first-order valence-corrected chi connectivity index (χ1v) is 16.4. The van der Waals surface area contributed by atoms with Crippen molar-refractivity contribution in [3.05, 3.63) is 0 Å². The molecule has 0 rings (SSSR count). The Bertz CT molecular complexity index is 599. The Kier molecular flexibility index (Phi) is 30.5. The lowest BCUT2D eigenvalue weighted by atomic mass is 10.8. The molecule has 0 aliphatic rings. The Morgan fingerprint density at radius 3 is 1.86 bits per heavy atom. The predicted molar refractivity (Wildman–Crippen MR) is 151 cm³/mol. The van der Waals surface area contributed by atoms with Crippen LogP contribution < -0.4 is 10.6 Å². The fourth-order valence-electron chi connectivity index (χ4n) is 1.56. The van der Waals surface area contributed by atoms with Crippen LogP contribution in [0, 0.1) is 0 Å². The van der Waals surface area contributed by atoms with Crippen LogP contribution in [-0.2, 0) is 29.0 Å². The van der Waals surface area contributed by atoms with Crippen LogP contribution in [0.25, 0.3) is 0 Å². The van der Waals surface area contributed by atoms with Gasteiger partial charge in [-0.05, 0) is 0 Å². The molecule has 0 heterocycles. The molecule has 0 aromatic rings. The first-order valence-electron chi connectivity index (χ1n) is 10.7. The van der Waals surface area contributed by atoms with Crippen molar-refractivity contribution in [1.82, 2.24) is 10.6 Å². The molecular formula is C18H34N4O10S5. The van der Waals surface area contributed by atoms with Gasteiger partial charge in [-0.3, -0.25) is 0 Å². The monoisotopic (exact) mass is 626 g/mol. The van der Waals surface area contributed by atoms with Gasteiger partial charge in [0, 0.05) is 23.0 Å². The third-order valence-electron chi connectivity index (χ3n) is 2.99. The van der Waals surface area contributed by atoms with E-state index in [4.69, 9.17) is 39.2 Å². The summed E-state index contributed by atoms with van der Waals surface area (Å²) in [5, 5.41) is 22.4. The van der Waals surface area contributed by atoms with Gasteiger partial charge in [-0.15, -0.1) is 23.5 Å². The van der Waals surface area contributed by atoms with E-state index >= 15 is 0 Å². The second-order valence-electron chi connectivity index (χ2n) is 5.70. The highest BCUT2D eigenvalue weighted by Gasteiger charge is 2.01. The van der Waals surface area contributed by atoms with Gasteiger partial charge in [0.05, 0.1) is 36.7 Å². The van der Waals surface area contributed by atoms with Crippen molar-refractivity contribution >= 4 is 83.8 Å². The minimum absolute atomic E-state index is 0.0780. The van der Waals surface area contributed by atoms with Crippen molar-refractivity contribution in [2.75, 3.05) is 84.8 Å². The molecule has 0 spiro atoms. The average Bonchev–Trinajstić information content (AvgIpc) is 2.89. The third kappa shape index (κ3) is 31.2. The van der Waals surface area contributed by atoms with Crippen molar-refractivity contribution < 1.29 is 48.8 Å². The van der Waals surface area contributed by atoms with Crippen molar-refractivity contribution in [3.63, 3.8) is 0 Å². The number of hydrogen-bond donors (Lipinski definition) is 4. The van der Waals surface area contributed by atoms with Gasteiger partial charge in [-0.25, -0.2) is 19.6 Å². The van der Waals surface area contributed by atoms with E-state index in [1.807, 2.05) is 0 Å². The topological polar surface area (TPSA) is 179 Å². The molecule has 0 aromatic carbocycles. The van der Waals surface area contributed by atoms with Gasteiger partial charge in [0.25, 0.3) is 0 Å². The Hall–Kier alpha value is -0.930. The maximum absolute atomic E-state index is 11.5. The number of rotatable bonds is 26. The van der Waals surface area contributed by atoms with Crippen molar-refractivity contribution in [2.45, 2.75) is 0 Å². The second-order valence-corrected chi connectivity index (χ2v) is 10.9. The summed E-state index contributed by atoms with van der Waals surface area (Å²) in [7, 11) is 0. The molecule has 0 aromatic heterocycles. The molecule has 0 unspecified atom stereocenters. The van der Waals surface area contributed by atoms with Crippen LogP contribution in [0.2, 0.25) is 0 Å². The first kappa shape index (κ1) is 36.1. The number of amides is 2. The van der Waals surface area contributed by atoms with Crippen molar-refractivity contribution in [1.29, 1.82) is 0 Å². The van der Waals surface area contributed by atoms with Crippen LogP contribution in [0.4, 0.5) is 9.59 Å². The van der Waals surface area contributed by atoms with E-state index in [1.54, 1.807) is 11.8 Å². The van der Waals surface area contributed by atoms with Gasteiger partial charge >= 0.3 is 12.2 Å². The molecule has 2 amide bonds. The fourth-order valence-corrected chi connectivity index (χ4v) is 3.95. The van der Waals surface area contributed by atoms with Crippen LogP contribution in [0.1, 0.15) is 0 Å². The Balaban J connectivity index is 3.33. The van der Waals surface area contributed by atoms with Gasteiger partial charge in [-0.2, -0.15) is 33.3 Å². The van der Waals surface area contributed by atoms with Gasteiger partial charge in [-0.1, -0.05) is 11.8 Å². The third-order valence-corrected chi connectivity index (χ3v) is 6.75. The molecular weight excluding hydrogens is 593 g/mol. The molecule has 0 radical (unpaired) electrons. The quantitative estimate of drug-likeness (QED) is 0.0272. The highest BCUT2D eigenvalue weighted by molar-refractivity contribution is 8.00. The van der Waals surface area contributed by atoms with Crippen LogP contribution >= 0.6 is 58.8 Å². The number of ether oxygens (including phenoxy) is 2. The summed E-state index contributed by atoms with van der Waals surface area (Å²) in [6.07, 6.45) is 1.24. The van der Waals surface area contributed by atoms with Gasteiger partial charge in [0.1, 0.15) is 25.1 Å². The van der Waals surface area contributed by atoms with Crippen molar-refractivity contribution in [3.8, 4) is 0 Å². The lowest BCUT2D eigenvalue weighted by Crippen LogP contribution is -2.24. The number of carbonyl (C=O) groups is 2. The Morgan fingerprint density at radius 2 is 1.24 bits per heavy atom. The molecule has 0 saturated heterocycles. The SMILES string of the molecule is O=C(NCSC/N=C/OOCSCOC(=O)NCSC/N=C\OOCCSCCO)OCCSCCO. The molecule has 216 valence electrons. The van der Waals surface area contributed by atoms with Gasteiger partial charge in [0.15, 0.2) is 0 Å². The molecule has 0 fully saturated rings. The lowest BCUT2D eigenvalue weighted by molar-refractivity contribution is -0.210. The number of nitrogens with zero attached hydrogens (tertiary/aromatic N) is 2. The number of nitrogens with one attached hydrogen (secondary N) is 2. The summed E-state index contributed by atoms with van der Waals surface area (Å²) in [5.41, 5.74) is 0. The zero-order valence-electron chi connectivity index (χ0n) is 20.2.